The summed E-state index contributed by atoms with van der Waals surface area (Å²) in [6, 6.07) is 12.5. The average molecular weight is 331 g/mol. The first-order chi connectivity index (χ1) is 9.56. The number of halogens is 1. The molecule has 0 saturated carbocycles. The zero-order chi connectivity index (χ0) is 14.3. The van der Waals surface area contributed by atoms with Crippen LogP contribution in [0.15, 0.2) is 45.4 Å². The van der Waals surface area contributed by atoms with Crippen molar-refractivity contribution in [3.8, 4) is 11.3 Å². The van der Waals surface area contributed by atoms with Crippen LogP contribution in [-0.2, 0) is 0 Å². The van der Waals surface area contributed by atoms with Gasteiger partial charge in [-0.2, -0.15) is 0 Å². The number of anilines is 1. The number of nitrogens with zero attached hydrogens (tertiary/aromatic N) is 1. The third-order valence-electron chi connectivity index (χ3n) is 3.41. The quantitative estimate of drug-likeness (QED) is 0.722. The zero-order valence-electron chi connectivity index (χ0n) is 11.4. The van der Waals surface area contributed by atoms with E-state index >= 15 is 0 Å². The first kappa shape index (κ1) is 13.2. The van der Waals surface area contributed by atoms with E-state index in [2.05, 4.69) is 65.3 Å². The molecule has 3 rings (SSSR count). The summed E-state index contributed by atoms with van der Waals surface area (Å²) >= 11 is 3.49. The fraction of sp³-hybridized carbons (Fsp3) is 0.188. The van der Waals surface area contributed by atoms with E-state index in [4.69, 9.17) is 10.3 Å². The topological polar surface area (TPSA) is 52.0 Å². The number of hydrogen-bond donors (Lipinski definition) is 1. The molecular weight excluding hydrogens is 316 g/mol. The predicted molar refractivity (Wildman–Crippen MR) is 85.6 cm³/mol. The monoisotopic (exact) mass is 330 g/mol. The van der Waals surface area contributed by atoms with Gasteiger partial charge in [0.1, 0.15) is 5.69 Å². The van der Waals surface area contributed by atoms with Crippen LogP contribution in [0.1, 0.15) is 25.3 Å². The molecule has 0 aliphatic heterocycles. The van der Waals surface area contributed by atoms with E-state index in [0.717, 1.165) is 21.3 Å². The predicted octanol–water partition coefficient (Wildman–Crippen LogP) is 4.96. The smallest absolute Gasteiger partial charge is 0.226 e. The maximum absolute atomic E-state index is 5.88. The van der Waals surface area contributed by atoms with Crippen molar-refractivity contribution in [3.05, 3.63) is 46.4 Å². The minimum Gasteiger partial charge on any atom is -0.367 e. The molecule has 1 aromatic heterocycles. The van der Waals surface area contributed by atoms with Crippen LogP contribution >= 0.6 is 15.9 Å². The molecule has 0 fully saturated rings. The molecule has 0 unspecified atom stereocenters. The number of nitrogens with two attached hydrogens (primary N) is 1. The SMILES string of the molecule is CC(C)c1c(-c2ccc3cc(Br)ccc3c2)noc1N. The average Bonchev–Trinajstić information content (AvgIpc) is 2.80. The van der Waals surface area contributed by atoms with Gasteiger partial charge in [-0.25, -0.2) is 0 Å². The summed E-state index contributed by atoms with van der Waals surface area (Å²) in [5.74, 6) is 0.683. The molecule has 0 aliphatic rings. The number of aromatic nitrogens is 1. The fourth-order valence-electron chi connectivity index (χ4n) is 2.44. The van der Waals surface area contributed by atoms with Crippen LogP contribution in [0.25, 0.3) is 22.0 Å². The molecule has 2 N–H and O–H groups in total. The minimum atomic E-state index is 0.275. The van der Waals surface area contributed by atoms with Gasteiger partial charge in [0.2, 0.25) is 5.88 Å². The summed E-state index contributed by atoms with van der Waals surface area (Å²) in [7, 11) is 0. The van der Waals surface area contributed by atoms with Gasteiger partial charge in [-0.15, -0.1) is 0 Å². The minimum absolute atomic E-state index is 0.275. The number of rotatable bonds is 2. The Morgan fingerprint density at radius 1 is 1.10 bits per heavy atom. The second-order valence-electron chi connectivity index (χ2n) is 5.17. The lowest BCUT2D eigenvalue weighted by Crippen LogP contribution is -1.94. The lowest BCUT2D eigenvalue weighted by atomic mass is 9.97. The molecule has 0 spiro atoms. The third kappa shape index (κ3) is 2.20. The summed E-state index contributed by atoms with van der Waals surface area (Å²) in [5.41, 5.74) is 8.72. The first-order valence-electron chi connectivity index (χ1n) is 6.51. The van der Waals surface area contributed by atoms with Crippen LogP contribution in [0.3, 0.4) is 0 Å². The molecule has 3 aromatic rings. The molecule has 20 heavy (non-hydrogen) atoms. The highest BCUT2D eigenvalue weighted by Gasteiger charge is 2.18. The summed E-state index contributed by atoms with van der Waals surface area (Å²) < 4.78 is 6.24. The molecule has 4 heteroatoms. The second-order valence-corrected chi connectivity index (χ2v) is 6.09. The van der Waals surface area contributed by atoms with Crippen LogP contribution in [0.2, 0.25) is 0 Å². The molecular formula is C16H15BrN2O. The standard InChI is InChI=1S/C16H15BrN2O/c1-9(2)14-15(19-20-16(14)18)12-4-3-11-8-13(17)6-5-10(11)7-12/h3-9H,18H2,1-2H3. The Hall–Kier alpha value is -1.81. The lowest BCUT2D eigenvalue weighted by molar-refractivity contribution is 0.438. The Morgan fingerprint density at radius 3 is 2.55 bits per heavy atom. The van der Waals surface area contributed by atoms with Crippen LogP contribution < -0.4 is 5.73 Å². The third-order valence-corrected chi connectivity index (χ3v) is 3.90. The maximum Gasteiger partial charge on any atom is 0.226 e. The van der Waals surface area contributed by atoms with Crippen molar-refractivity contribution in [3.63, 3.8) is 0 Å². The van der Waals surface area contributed by atoms with E-state index in [0.29, 0.717) is 5.88 Å². The summed E-state index contributed by atoms with van der Waals surface area (Å²) in [6.45, 7) is 4.18. The Kier molecular flexibility index (Phi) is 3.26. The molecule has 102 valence electrons. The van der Waals surface area contributed by atoms with Gasteiger partial charge >= 0.3 is 0 Å². The van der Waals surface area contributed by atoms with Crippen molar-refractivity contribution >= 4 is 32.6 Å². The molecule has 0 radical (unpaired) electrons. The molecule has 2 aromatic carbocycles. The van der Waals surface area contributed by atoms with Gasteiger partial charge in [0.15, 0.2) is 0 Å². The van der Waals surface area contributed by atoms with Gasteiger partial charge < -0.3 is 10.3 Å². The van der Waals surface area contributed by atoms with Crippen LogP contribution in [0, 0.1) is 0 Å². The van der Waals surface area contributed by atoms with Crippen molar-refractivity contribution in [1.82, 2.24) is 5.16 Å². The van der Waals surface area contributed by atoms with E-state index in [-0.39, 0.29) is 5.92 Å². The number of hydrogen-bond acceptors (Lipinski definition) is 3. The van der Waals surface area contributed by atoms with Crippen molar-refractivity contribution in [2.75, 3.05) is 5.73 Å². The van der Waals surface area contributed by atoms with E-state index in [1.54, 1.807) is 0 Å². The van der Waals surface area contributed by atoms with Crippen molar-refractivity contribution in [1.29, 1.82) is 0 Å². The van der Waals surface area contributed by atoms with Crippen molar-refractivity contribution in [2.24, 2.45) is 0 Å². The number of fused-ring (bicyclic) bond motifs is 1. The molecule has 0 atom stereocenters. The van der Waals surface area contributed by atoms with Gasteiger partial charge in [0.25, 0.3) is 0 Å². The maximum atomic E-state index is 5.88. The molecule has 0 aliphatic carbocycles. The fourth-order valence-corrected chi connectivity index (χ4v) is 2.82. The molecule has 0 bridgehead atoms. The molecule has 3 nitrogen and oxygen atoms in total. The zero-order valence-corrected chi connectivity index (χ0v) is 12.9. The second kappa shape index (κ2) is 4.94. The lowest BCUT2D eigenvalue weighted by Gasteiger charge is -2.07. The highest BCUT2D eigenvalue weighted by Crippen LogP contribution is 2.34. The number of nitrogen functional groups attached to an aromatic ring is 1. The largest absolute Gasteiger partial charge is 0.367 e. The van der Waals surface area contributed by atoms with Crippen molar-refractivity contribution in [2.45, 2.75) is 19.8 Å². The highest BCUT2D eigenvalue weighted by atomic mass is 79.9. The Bertz CT molecular complexity index is 777. The van der Waals surface area contributed by atoms with Crippen LogP contribution in [0.4, 0.5) is 5.88 Å². The molecule has 0 amide bonds. The van der Waals surface area contributed by atoms with Crippen LogP contribution in [0.5, 0.6) is 0 Å². The Morgan fingerprint density at radius 2 is 1.80 bits per heavy atom. The Balaban J connectivity index is 2.18. The summed E-state index contributed by atoms with van der Waals surface area (Å²) in [4.78, 5) is 0. The van der Waals surface area contributed by atoms with Gasteiger partial charge in [-0.3, -0.25) is 0 Å². The Labute approximate surface area is 125 Å². The van der Waals surface area contributed by atoms with Crippen LogP contribution in [-0.4, -0.2) is 5.16 Å². The van der Waals surface area contributed by atoms with E-state index < -0.39 is 0 Å². The summed E-state index contributed by atoms with van der Waals surface area (Å²) in [5, 5.41) is 6.48. The van der Waals surface area contributed by atoms with Gasteiger partial charge in [-0.05, 0) is 34.9 Å². The first-order valence-corrected chi connectivity index (χ1v) is 7.30. The number of benzene rings is 2. The van der Waals surface area contributed by atoms with E-state index in [9.17, 15) is 0 Å². The normalized spacial score (nSPS) is 11.4. The highest BCUT2D eigenvalue weighted by molar-refractivity contribution is 9.10. The molecule has 1 heterocycles. The molecule has 0 saturated heterocycles. The van der Waals surface area contributed by atoms with Gasteiger partial charge in [-0.1, -0.05) is 53.1 Å². The summed E-state index contributed by atoms with van der Waals surface area (Å²) in [6.07, 6.45) is 0. The van der Waals surface area contributed by atoms with E-state index in [1.165, 1.54) is 10.8 Å². The van der Waals surface area contributed by atoms with Gasteiger partial charge in [0, 0.05) is 15.6 Å². The van der Waals surface area contributed by atoms with Crippen molar-refractivity contribution < 1.29 is 4.52 Å². The van der Waals surface area contributed by atoms with Gasteiger partial charge in [0.05, 0.1) is 0 Å². The van der Waals surface area contributed by atoms with E-state index in [1.807, 2.05) is 6.07 Å².